The number of hydrogen-bond acceptors (Lipinski definition) is 8. The molecule has 0 bridgehead atoms. The van der Waals surface area contributed by atoms with E-state index in [-0.39, 0.29) is 5.82 Å². The first-order chi connectivity index (χ1) is 12.0. The molecule has 0 unspecified atom stereocenters. The zero-order chi connectivity index (χ0) is 18.0. The van der Waals surface area contributed by atoms with Crippen LogP contribution in [-0.2, 0) is 4.74 Å². The summed E-state index contributed by atoms with van der Waals surface area (Å²) in [5, 5.41) is 19.9. The third-order valence-corrected chi connectivity index (χ3v) is 4.25. The lowest BCUT2D eigenvalue weighted by atomic mass is 10.1. The molecule has 1 aliphatic rings. The maximum atomic E-state index is 11.9. The highest BCUT2D eigenvalue weighted by molar-refractivity contribution is 8.10. The Kier molecular flexibility index (Phi) is 5.04. The zero-order valence-electron chi connectivity index (χ0n) is 12.8. The van der Waals surface area contributed by atoms with Gasteiger partial charge in [-0.2, -0.15) is 4.98 Å². The minimum Gasteiger partial charge on any atom is -0.413 e. The lowest BCUT2D eigenvalue weighted by molar-refractivity contribution is -0.0271. The predicted octanol–water partition coefficient (Wildman–Crippen LogP) is -0.326. The maximum Gasteiger partial charge on any atom is 0.420 e. The number of nitrogens with two attached hydrogens (primary N) is 1. The van der Waals surface area contributed by atoms with Gasteiger partial charge in [0.05, 0.1) is 0 Å². The van der Waals surface area contributed by atoms with Crippen molar-refractivity contribution in [1.82, 2.24) is 9.55 Å². The molecule has 5 N–H and O–H groups in total. The SMILES string of the molecule is Nc1ccn([C@@H]2O[C@H](C(=[OH+])SOc3ccccc3)[C@@H](O)[C@H]2O)c(=O)n1. The number of carbonyl (C=O) groups excluding carboxylic acids is 1. The first-order valence-corrected chi connectivity index (χ1v) is 8.03. The Morgan fingerprint density at radius 2 is 2.00 bits per heavy atom. The Labute approximate surface area is 146 Å². The van der Waals surface area contributed by atoms with E-state index in [1.165, 1.54) is 12.3 Å². The number of benzene rings is 1. The summed E-state index contributed by atoms with van der Waals surface area (Å²) in [5.41, 5.74) is 4.67. The molecule has 0 amide bonds. The van der Waals surface area contributed by atoms with Crippen LogP contribution in [0.5, 0.6) is 5.75 Å². The zero-order valence-corrected chi connectivity index (χ0v) is 13.6. The molecule has 4 atom stereocenters. The third-order valence-electron chi connectivity index (χ3n) is 3.57. The van der Waals surface area contributed by atoms with Gasteiger partial charge in [0.1, 0.15) is 23.8 Å². The Morgan fingerprint density at radius 3 is 2.68 bits per heavy atom. The quantitative estimate of drug-likeness (QED) is 0.493. The molecule has 2 heterocycles. The van der Waals surface area contributed by atoms with Gasteiger partial charge in [-0.1, -0.05) is 18.2 Å². The van der Waals surface area contributed by atoms with Crippen LogP contribution >= 0.6 is 12.0 Å². The Balaban J connectivity index is 1.71. The van der Waals surface area contributed by atoms with Gasteiger partial charge in [0.2, 0.25) is 6.10 Å². The Morgan fingerprint density at radius 1 is 1.28 bits per heavy atom. The van der Waals surface area contributed by atoms with Gasteiger partial charge in [-0.3, -0.25) is 9.36 Å². The lowest BCUT2D eigenvalue weighted by Gasteiger charge is -2.16. The van der Waals surface area contributed by atoms with Gasteiger partial charge in [0.25, 0.3) is 0 Å². The van der Waals surface area contributed by atoms with Gasteiger partial charge in [-0.15, -0.1) is 0 Å². The minimum absolute atomic E-state index is 0.0204. The Bertz CT molecular complexity index is 814. The number of rotatable bonds is 4. The molecule has 1 aromatic carbocycles. The summed E-state index contributed by atoms with van der Waals surface area (Å²) in [6, 6.07) is 10.0. The van der Waals surface area contributed by atoms with Crippen LogP contribution in [0.25, 0.3) is 0 Å². The fraction of sp³-hybridized carbons (Fsp3) is 0.267. The van der Waals surface area contributed by atoms with Crippen LogP contribution in [0.4, 0.5) is 5.82 Å². The normalized spacial score (nSPS) is 25.7. The number of nitrogens with zero attached hydrogens (tertiary/aromatic N) is 2. The number of aromatic nitrogens is 2. The van der Waals surface area contributed by atoms with Gasteiger partial charge >= 0.3 is 10.8 Å². The van der Waals surface area contributed by atoms with Crippen LogP contribution in [-0.4, -0.2) is 48.0 Å². The number of aliphatic hydroxyl groups is 2. The third kappa shape index (κ3) is 3.66. The van der Waals surface area contributed by atoms with E-state index >= 15 is 0 Å². The molecule has 3 rings (SSSR count). The van der Waals surface area contributed by atoms with E-state index in [1.54, 1.807) is 24.3 Å². The van der Waals surface area contributed by atoms with Crippen LogP contribution in [0.1, 0.15) is 6.23 Å². The van der Waals surface area contributed by atoms with Crippen molar-refractivity contribution in [3.8, 4) is 5.75 Å². The van der Waals surface area contributed by atoms with E-state index in [0.717, 1.165) is 4.57 Å². The van der Waals surface area contributed by atoms with Gasteiger partial charge in [-0.25, -0.2) is 4.79 Å². The summed E-state index contributed by atoms with van der Waals surface area (Å²) < 4.78 is 11.7. The molecule has 10 heteroatoms. The van der Waals surface area contributed by atoms with Crippen molar-refractivity contribution in [2.75, 3.05) is 5.73 Å². The van der Waals surface area contributed by atoms with Gasteiger partial charge in [0.15, 0.2) is 18.3 Å². The number of aliphatic hydroxyl groups excluding tert-OH is 2. The van der Waals surface area contributed by atoms with E-state index in [9.17, 15) is 19.8 Å². The molecule has 1 aliphatic heterocycles. The van der Waals surface area contributed by atoms with E-state index in [4.69, 9.17) is 14.7 Å². The highest BCUT2D eigenvalue weighted by atomic mass is 32.2. The molecule has 1 fully saturated rings. The number of ether oxygens (including phenoxy) is 1. The second-order valence-electron chi connectivity index (χ2n) is 5.29. The number of hydrogen-bond donors (Lipinski definition) is 3. The maximum absolute atomic E-state index is 11.9. The molecule has 2 aromatic rings. The van der Waals surface area contributed by atoms with Crippen molar-refractivity contribution in [2.24, 2.45) is 0 Å². The van der Waals surface area contributed by atoms with Crippen LogP contribution < -0.4 is 15.6 Å². The molecule has 9 nitrogen and oxygen atoms in total. The van der Waals surface area contributed by atoms with Crippen molar-refractivity contribution in [3.63, 3.8) is 0 Å². The first-order valence-electron chi connectivity index (χ1n) is 7.29. The van der Waals surface area contributed by atoms with Gasteiger partial charge in [-0.05, 0) is 18.2 Å². The van der Waals surface area contributed by atoms with Crippen LogP contribution in [0.15, 0.2) is 47.4 Å². The molecule has 132 valence electrons. The molecule has 0 aliphatic carbocycles. The van der Waals surface area contributed by atoms with Gasteiger partial charge in [0, 0.05) is 6.20 Å². The van der Waals surface area contributed by atoms with Crippen molar-refractivity contribution >= 4 is 23.0 Å². The molecular weight excluding hydrogens is 350 g/mol. The average molecular weight is 366 g/mol. The average Bonchev–Trinajstić information content (AvgIpc) is 2.89. The van der Waals surface area contributed by atoms with E-state index in [2.05, 4.69) is 4.98 Å². The molecule has 0 radical (unpaired) electrons. The van der Waals surface area contributed by atoms with Gasteiger partial charge < -0.3 is 24.9 Å². The van der Waals surface area contributed by atoms with Crippen molar-refractivity contribution in [2.45, 2.75) is 24.5 Å². The fourth-order valence-corrected chi connectivity index (χ4v) is 2.91. The van der Waals surface area contributed by atoms with Crippen LogP contribution in [0.2, 0.25) is 0 Å². The molecule has 1 aromatic heterocycles. The number of para-hydroxylation sites is 1. The lowest BCUT2D eigenvalue weighted by Crippen LogP contribution is -2.36. The predicted molar refractivity (Wildman–Crippen MR) is 90.4 cm³/mol. The summed E-state index contributed by atoms with van der Waals surface area (Å²) in [6.07, 6.45) is -4.09. The first kappa shape index (κ1) is 17.4. The molecule has 0 spiro atoms. The molecule has 0 saturated carbocycles. The fourth-order valence-electron chi connectivity index (χ4n) is 2.33. The van der Waals surface area contributed by atoms with Crippen molar-refractivity contribution < 1.29 is 23.9 Å². The molecule has 25 heavy (non-hydrogen) atoms. The topological polar surface area (TPSA) is 141 Å². The van der Waals surface area contributed by atoms with Crippen molar-refractivity contribution in [1.29, 1.82) is 0 Å². The standard InChI is InChI=1S/C15H15N3O6S/c16-9-6-7-18(15(22)17-9)13-11(20)10(19)12(23-13)14(21)25-24-8-4-2-1-3-5-8/h1-7,10-13,19-20H,(H2,16,17,22)/p+1/t10-,11+,12-,13+/m0/s1. The number of anilines is 1. The second-order valence-corrected chi connectivity index (χ2v) is 6.04. The largest absolute Gasteiger partial charge is 0.420 e. The second kappa shape index (κ2) is 7.23. The number of nitrogen functional groups attached to an aromatic ring is 1. The monoisotopic (exact) mass is 366 g/mol. The summed E-state index contributed by atoms with van der Waals surface area (Å²) in [7, 11) is 0. The summed E-state index contributed by atoms with van der Waals surface area (Å²) >= 11 is 0.590. The summed E-state index contributed by atoms with van der Waals surface area (Å²) in [4.78, 5) is 25.5. The summed E-state index contributed by atoms with van der Waals surface area (Å²) in [6.45, 7) is 0. The highest BCUT2D eigenvalue weighted by Crippen LogP contribution is 2.31. The molecule has 1 saturated heterocycles. The van der Waals surface area contributed by atoms with E-state index < -0.39 is 35.3 Å². The Hall–Kier alpha value is -2.40. The van der Waals surface area contributed by atoms with Crippen molar-refractivity contribution in [3.05, 3.63) is 53.1 Å². The molecular formula is C15H16N3O6S+. The highest BCUT2D eigenvalue weighted by Gasteiger charge is 2.51. The van der Waals surface area contributed by atoms with E-state index in [1.807, 2.05) is 6.07 Å². The van der Waals surface area contributed by atoms with Crippen LogP contribution in [0, 0.1) is 0 Å². The van der Waals surface area contributed by atoms with E-state index in [0.29, 0.717) is 17.8 Å². The smallest absolute Gasteiger partial charge is 0.413 e. The summed E-state index contributed by atoms with van der Waals surface area (Å²) in [5.74, 6) is 0.509. The van der Waals surface area contributed by atoms with Crippen LogP contribution in [0.3, 0.4) is 0 Å². The minimum atomic E-state index is -1.46.